The van der Waals surface area contributed by atoms with E-state index in [1.54, 1.807) is 7.11 Å². The average Bonchev–Trinajstić information content (AvgIpc) is 2.65. The Morgan fingerprint density at radius 3 is 2.56 bits per heavy atom. The summed E-state index contributed by atoms with van der Waals surface area (Å²) in [4.78, 5) is 15.2. The number of rotatable bonds is 6. The predicted octanol–water partition coefficient (Wildman–Crippen LogP) is 3.61. The first-order chi connectivity index (χ1) is 12.3. The number of likely N-dealkylation sites (tertiary alicyclic amines) is 1. The van der Waals surface area contributed by atoms with Crippen LogP contribution in [-0.2, 0) is 11.3 Å². The third-order valence-corrected chi connectivity index (χ3v) is 5.73. The van der Waals surface area contributed by atoms with E-state index in [-0.39, 0.29) is 5.91 Å². The van der Waals surface area contributed by atoms with Crippen molar-refractivity contribution in [2.45, 2.75) is 57.6 Å². The Kier molecular flexibility index (Phi) is 6.88. The fourth-order valence-corrected chi connectivity index (χ4v) is 4.28. The van der Waals surface area contributed by atoms with Crippen LogP contribution in [-0.4, -0.2) is 43.6 Å². The highest BCUT2D eigenvalue weighted by atomic mass is 16.5. The highest BCUT2D eigenvalue weighted by Crippen LogP contribution is 2.25. The molecule has 1 aromatic rings. The summed E-state index contributed by atoms with van der Waals surface area (Å²) < 4.78 is 5.21. The van der Waals surface area contributed by atoms with Gasteiger partial charge >= 0.3 is 0 Å². The van der Waals surface area contributed by atoms with Gasteiger partial charge in [-0.2, -0.15) is 0 Å². The van der Waals surface area contributed by atoms with Gasteiger partial charge in [-0.25, -0.2) is 0 Å². The number of hydrogen-bond acceptors (Lipinski definition) is 3. The molecule has 1 heterocycles. The number of methoxy groups -OCH3 is 1. The lowest BCUT2D eigenvalue weighted by Gasteiger charge is -2.35. The summed E-state index contributed by atoms with van der Waals surface area (Å²) in [5.74, 6) is 0.944. The molecule has 1 N–H and O–H groups in total. The molecule has 1 aliphatic heterocycles. The Bertz CT molecular complexity index is 547. The molecule has 1 saturated heterocycles. The lowest BCUT2D eigenvalue weighted by atomic mass is 9.88. The van der Waals surface area contributed by atoms with Gasteiger partial charge in [0.25, 0.3) is 5.91 Å². The molecule has 1 amide bonds. The predicted molar refractivity (Wildman–Crippen MR) is 101 cm³/mol. The van der Waals surface area contributed by atoms with E-state index in [1.807, 2.05) is 24.3 Å². The highest BCUT2D eigenvalue weighted by Gasteiger charge is 2.24. The quantitative estimate of drug-likeness (QED) is 0.857. The van der Waals surface area contributed by atoms with E-state index in [0.29, 0.717) is 12.6 Å². The summed E-state index contributed by atoms with van der Waals surface area (Å²) in [6, 6.07) is 8.02. The van der Waals surface area contributed by atoms with Gasteiger partial charge in [0.15, 0.2) is 0 Å². The first kappa shape index (κ1) is 18.4. The minimum atomic E-state index is 0.0402. The van der Waals surface area contributed by atoms with Crippen LogP contribution in [0.5, 0.6) is 0 Å². The fourth-order valence-electron chi connectivity index (χ4n) is 4.28. The zero-order valence-corrected chi connectivity index (χ0v) is 15.5. The van der Waals surface area contributed by atoms with Crippen molar-refractivity contribution >= 4 is 5.91 Å². The van der Waals surface area contributed by atoms with Crippen molar-refractivity contribution in [2.75, 3.05) is 26.7 Å². The zero-order valence-electron chi connectivity index (χ0n) is 15.5. The van der Waals surface area contributed by atoms with Crippen LogP contribution < -0.4 is 5.32 Å². The monoisotopic (exact) mass is 344 g/mol. The number of nitrogens with one attached hydrogen (secondary N) is 1. The van der Waals surface area contributed by atoms with Crippen LogP contribution in [0.25, 0.3) is 0 Å². The van der Waals surface area contributed by atoms with Crippen LogP contribution in [0.2, 0.25) is 0 Å². The van der Waals surface area contributed by atoms with Gasteiger partial charge < -0.3 is 15.0 Å². The van der Waals surface area contributed by atoms with Gasteiger partial charge in [0.2, 0.25) is 0 Å². The zero-order chi connectivity index (χ0) is 17.5. The topological polar surface area (TPSA) is 41.6 Å². The average molecular weight is 344 g/mol. The largest absolute Gasteiger partial charge is 0.380 e. The second kappa shape index (κ2) is 9.35. The molecule has 4 heteroatoms. The molecule has 0 spiro atoms. The molecule has 0 unspecified atom stereocenters. The van der Waals surface area contributed by atoms with E-state index in [2.05, 4.69) is 10.2 Å². The molecular weight excluding hydrogens is 312 g/mol. The van der Waals surface area contributed by atoms with Gasteiger partial charge in [0.1, 0.15) is 0 Å². The van der Waals surface area contributed by atoms with E-state index >= 15 is 0 Å². The maximum Gasteiger partial charge on any atom is 0.251 e. The number of carbonyl (C=O) groups excluding carboxylic acids is 1. The molecule has 2 aliphatic rings. The molecule has 1 saturated carbocycles. The van der Waals surface area contributed by atoms with Gasteiger partial charge in [0.05, 0.1) is 6.61 Å². The summed E-state index contributed by atoms with van der Waals surface area (Å²) in [5, 5.41) is 3.24. The van der Waals surface area contributed by atoms with Gasteiger partial charge in [-0.15, -0.1) is 0 Å². The van der Waals surface area contributed by atoms with E-state index < -0.39 is 0 Å². The summed E-state index contributed by atoms with van der Waals surface area (Å²) in [7, 11) is 1.66. The molecule has 0 aromatic heterocycles. The number of amides is 1. The number of ether oxygens (including phenoxy) is 1. The van der Waals surface area contributed by atoms with Gasteiger partial charge in [-0.1, -0.05) is 37.5 Å². The molecule has 2 fully saturated rings. The van der Waals surface area contributed by atoms with E-state index in [1.165, 1.54) is 38.6 Å². The smallest absolute Gasteiger partial charge is 0.251 e. The molecule has 3 rings (SSSR count). The maximum absolute atomic E-state index is 12.6. The molecule has 0 radical (unpaired) electrons. The van der Waals surface area contributed by atoms with Crippen molar-refractivity contribution in [2.24, 2.45) is 5.92 Å². The number of hydrogen-bond donors (Lipinski definition) is 1. The molecule has 0 atom stereocenters. The third-order valence-electron chi connectivity index (χ3n) is 5.73. The maximum atomic E-state index is 12.6. The number of benzene rings is 1. The summed E-state index contributed by atoms with van der Waals surface area (Å²) in [6.07, 6.45) is 9.20. The standard InChI is InChI=1S/C21H32N2O2/c1-25-16-18-9-5-6-10-20(18)21(24)22-19-11-13-23(14-12-19)15-17-7-3-2-4-8-17/h5-6,9-10,17,19H,2-4,7-8,11-16H2,1H3,(H,22,24). The first-order valence-corrected chi connectivity index (χ1v) is 9.86. The number of nitrogens with zero attached hydrogens (tertiary/aromatic N) is 1. The van der Waals surface area contributed by atoms with Crippen molar-refractivity contribution in [1.29, 1.82) is 0 Å². The van der Waals surface area contributed by atoms with Gasteiger partial charge in [-0.3, -0.25) is 4.79 Å². The van der Waals surface area contributed by atoms with Gasteiger partial charge in [-0.05, 0) is 43.2 Å². The Labute approximate surface area is 151 Å². The number of carbonyl (C=O) groups is 1. The van der Waals surface area contributed by atoms with Gasteiger partial charge in [0, 0.05) is 38.3 Å². The third kappa shape index (κ3) is 5.29. The molecule has 138 valence electrons. The van der Waals surface area contributed by atoms with Crippen molar-refractivity contribution in [3.63, 3.8) is 0 Å². The Morgan fingerprint density at radius 2 is 1.84 bits per heavy atom. The Hall–Kier alpha value is -1.39. The van der Waals surface area contributed by atoms with Crippen LogP contribution in [0.1, 0.15) is 60.9 Å². The summed E-state index contributed by atoms with van der Waals surface area (Å²) >= 11 is 0. The Balaban J connectivity index is 1.46. The fraction of sp³-hybridized carbons (Fsp3) is 0.667. The second-order valence-electron chi connectivity index (χ2n) is 7.64. The molecule has 4 nitrogen and oxygen atoms in total. The molecule has 1 aliphatic carbocycles. The first-order valence-electron chi connectivity index (χ1n) is 9.86. The minimum Gasteiger partial charge on any atom is -0.380 e. The lowest BCUT2D eigenvalue weighted by molar-refractivity contribution is 0.0897. The molecule has 0 bridgehead atoms. The highest BCUT2D eigenvalue weighted by molar-refractivity contribution is 5.95. The van der Waals surface area contributed by atoms with Crippen LogP contribution in [0, 0.1) is 5.92 Å². The minimum absolute atomic E-state index is 0.0402. The molecule has 25 heavy (non-hydrogen) atoms. The second-order valence-corrected chi connectivity index (χ2v) is 7.64. The SMILES string of the molecule is COCc1ccccc1C(=O)NC1CCN(CC2CCCCC2)CC1. The van der Waals surface area contributed by atoms with E-state index in [4.69, 9.17) is 4.74 Å². The van der Waals surface area contributed by atoms with Crippen molar-refractivity contribution in [3.05, 3.63) is 35.4 Å². The van der Waals surface area contributed by atoms with Crippen LogP contribution in [0.3, 0.4) is 0 Å². The molecule has 1 aromatic carbocycles. The van der Waals surface area contributed by atoms with Crippen molar-refractivity contribution < 1.29 is 9.53 Å². The van der Waals surface area contributed by atoms with Crippen LogP contribution in [0.4, 0.5) is 0 Å². The van der Waals surface area contributed by atoms with E-state index in [9.17, 15) is 4.79 Å². The Morgan fingerprint density at radius 1 is 1.12 bits per heavy atom. The molecular formula is C21H32N2O2. The van der Waals surface area contributed by atoms with Crippen molar-refractivity contribution in [1.82, 2.24) is 10.2 Å². The van der Waals surface area contributed by atoms with Crippen LogP contribution >= 0.6 is 0 Å². The number of piperidine rings is 1. The lowest BCUT2D eigenvalue weighted by Crippen LogP contribution is -2.46. The normalized spacial score (nSPS) is 20.5. The van der Waals surface area contributed by atoms with Crippen molar-refractivity contribution in [3.8, 4) is 0 Å². The summed E-state index contributed by atoms with van der Waals surface area (Å²) in [5.41, 5.74) is 1.70. The van der Waals surface area contributed by atoms with E-state index in [0.717, 1.165) is 43.0 Å². The van der Waals surface area contributed by atoms with Crippen LogP contribution in [0.15, 0.2) is 24.3 Å². The summed E-state index contributed by atoms with van der Waals surface area (Å²) in [6.45, 7) is 3.96.